The van der Waals surface area contributed by atoms with Gasteiger partial charge in [0.2, 0.25) is 0 Å². The fourth-order valence-corrected chi connectivity index (χ4v) is 5.82. The zero-order valence-corrected chi connectivity index (χ0v) is 17.2. The summed E-state index contributed by atoms with van der Waals surface area (Å²) in [5.74, 6) is -0.580. The molecule has 0 unspecified atom stereocenters. The lowest BCUT2D eigenvalue weighted by Crippen LogP contribution is -2.58. The van der Waals surface area contributed by atoms with Crippen LogP contribution in [-0.2, 0) is 14.3 Å². The highest BCUT2D eigenvalue weighted by atomic mass is 127. The minimum absolute atomic E-state index is 0.153. The molecule has 1 amide bonds. The van der Waals surface area contributed by atoms with Crippen LogP contribution in [0.3, 0.4) is 0 Å². The Bertz CT molecular complexity index is 668. The molecule has 2 heterocycles. The summed E-state index contributed by atoms with van der Waals surface area (Å²) in [5.41, 5.74) is 2.10. The number of benzene rings is 1. The van der Waals surface area contributed by atoms with Crippen molar-refractivity contribution < 1.29 is 19.1 Å². The maximum absolute atomic E-state index is 12.6. The summed E-state index contributed by atoms with van der Waals surface area (Å²) in [4.78, 5) is 26.6. The van der Waals surface area contributed by atoms with Gasteiger partial charge in [0.25, 0.3) is 0 Å². The Morgan fingerprint density at radius 3 is 2.88 bits per heavy atom. The van der Waals surface area contributed by atoms with Crippen molar-refractivity contribution in [2.24, 2.45) is 5.92 Å². The van der Waals surface area contributed by atoms with Crippen LogP contribution in [0.2, 0.25) is 0 Å². The normalized spacial score (nSPS) is 28.2. The maximum Gasteiger partial charge on any atom is 0.412 e. The van der Waals surface area contributed by atoms with Crippen LogP contribution >= 0.6 is 38.5 Å². The Balaban J connectivity index is 2.15. The van der Waals surface area contributed by atoms with Crippen molar-refractivity contribution in [1.29, 1.82) is 0 Å². The third kappa shape index (κ3) is 2.83. The van der Waals surface area contributed by atoms with Gasteiger partial charge in [-0.3, -0.25) is 9.69 Å². The number of nitrogens with zero attached hydrogens (tertiary/aromatic N) is 1. The molecule has 1 fully saturated rings. The van der Waals surface area contributed by atoms with Gasteiger partial charge in [0.1, 0.15) is 0 Å². The largest absolute Gasteiger partial charge is 0.453 e. The van der Waals surface area contributed by atoms with Gasteiger partial charge in [0.05, 0.1) is 23.0 Å². The van der Waals surface area contributed by atoms with E-state index in [4.69, 9.17) is 9.47 Å². The summed E-state index contributed by atoms with van der Waals surface area (Å²) in [6.07, 6.45) is 1.49. The minimum atomic E-state index is -0.639. The summed E-state index contributed by atoms with van der Waals surface area (Å²) in [7, 11) is 1.36. The van der Waals surface area contributed by atoms with Gasteiger partial charge in [0.15, 0.2) is 6.23 Å². The first kappa shape index (κ1) is 18.0. The van der Waals surface area contributed by atoms with Crippen molar-refractivity contribution in [3.8, 4) is 0 Å². The van der Waals surface area contributed by atoms with Crippen LogP contribution < -0.4 is 0 Å². The maximum atomic E-state index is 12.6. The second kappa shape index (κ2) is 7.19. The Morgan fingerprint density at radius 2 is 2.21 bits per heavy atom. The summed E-state index contributed by atoms with van der Waals surface area (Å²) in [5, 5.41) is 0. The number of alkyl halides is 1. The molecule has 4 atom stereocenters. The minimum Gasteiger partial charge on any atom is -0.453 e. The molecule has 7 heteroatoms. The van der Waals surface area contributed by atoms with Crippen LogP contribution in [0.5, 0.6) is 0 Å². The van der Waals surface area contributed by atoms with E-state index in [-0.39, 0.29) is 21.9 Å². The van der Waals surface area contributed by atoms with Crippen LogP contribution in [0, 0.1) is 5.92 Å². The molecular formula is C17H19BrINO4. The number of unbranched alkanes of at least 4 members (excludes halogenated alkanes) is 1. The molecule has 5 nitrogen and oxygen atoms in total. The van der Waals surface area contributed by atoms with Gasteiger partial charge in [-0.15, -0.1) is 0 Å². The number of methoxy groups -OCH3 is 1. The van der Waals surface area contributed by atoms with E-state index < -0.39 is 12.3 Å². The quantitative estimate of drug-likeness (QED) is 0.337. The summed E-state index contributed by atoms with van der Waals surface area (Å²) < 4.78 is 11.5. The monoisotopic (exact) mass is 507 g/mol. The lowest BCUT2D eigenvalue weighted by atomic mass is 9.80. The van der Waals surface area contributed by atoms with Crippen molar-refractivity contribution in [3.05, 3.63) is 33.8 Å². The molecule has 3 rings (SSSR count). The predicted molar refractivity (Wildman–Crippen MR) is 101 cm³/mol. The first-order valence-electron chi connectivity index (χ1n) is 8.00. The van der Waals surface area contributed by atoms with Crippen molar-refractivity contribution in [2.45, 2.75) is 42.4 Å². The zero-order chi connectivity index (χ0) is 17.4. The standard InChI is InChI=1S/C17H19BrINO4/c1-3-4-6-10-14-9-7-5-8-11(18)12(9)13(19)15(24-16(10)21)20(14)17(22)23-2/h5,7-8,10,13-15H,3-4,6H2,1-2H3/t10-,13-,14-,15-/m0/s1. The van der Waals surface area contributed by atoms with E-state index in [0.717, 1.165) is 28.4 Å². The first-order chi connectivity index (χ1) is 11.5. The van der Waals surface area contributed by atoms with Gasteiger partial charge in [0, 0.05) is 4.47 Å². The van der Waals surface area contributed by atoms with E-state index in [0.29, 0.717) is 6.42 Å². The third-order valence-electron chi connectivity index (χ3n) is 4.68. The van der Waals surface area contributed by atoms with Crippen molar-refractivity contribution in [1.82, 2.24) is 4.90 Å². The van der Waals surface area contributed by atoms with Crippen LogP contribution in [-0.4, -0.2) is 30.3 Å². The van der Waals surface area contributed by atoms with E-state index in [1.54, 1.807) is 4.90 Å². The van der Waals surface area contributed by atoms with E-state index in [1.807, 2.05) is 18.2 Å². The Morgan fingerprint density at radius 1 is 1.46 bits per heavy atom. The summed E-state index contributed by atoms with van der Waals surface area (Å²) in [6.45, 7) is 2.08. The number of rotatable bonds is 3. The average Bonchev–Trinajstić information content (AvgIpc) is 2.57. The smallest absolute Gasteiger partial charge is 0.412 e. The number of halogens is 2. The fraction of sp³-hybridized carbons (Fsp3) is 0.529. The Labute approximate surface area is 163 Å². The van der Waals surface area contributed by atoms with Crippen LogP contribution in [0.4, 0.5) is 4.79 Å². The number of carbonyl (C=O) groups is 2. The highest BCUT2D eigenvalue weighted by Crippen LogP contribution is 2.53. The van der Waals surface area contributed by atoms with Gasteiger partial charge >= 0.3 is 12.1 Å². The Hall–Kier alpha value is -0.830. The number of fused-ring (bicyclic) bond motifs is 4. The number of hydrogen-bond donors (Lipinski definition) is 0. The third-order valence-corrected chi connectivity index (χ3v) is 6.61. The van der Waals surface area contributed by atoms with Crippen LogP contribution in [0.15, 0.2) is 22.7 Å². The van der Waals surface area contributed by atoms with Gasteiger partial charge in [-0.25, -0.2) is 4.79 Å². The molecule has 1 aromatic carbocycles. The molecule has 0 aromatic heterocycles. The van der Waals surface area contributed by atoms with Gasteiger partial charge < -0.3 is 9.47 Å². The van der Waals surface area contributed by atoms with E-state index in [1.165, 1.54) is 7.11 Å². The molecule has 2 aliphatic heterocycles. The number of esters is 1. The summed E-state index contributed by atoms with van der Waals surface area (Å²) >= 11 is 5.85. The molecule has 2 bridgehead atoms. The highest BCUT2D eigenvalue weighted by Gasteiger charge is 2.54. The molecule has 0 saturated carbocycles. The topological polar surface area (TPSA) is 55.8 Å². The lowest BCUT2D eigenvalue weighted by Gasteiger charge is -2.50. The molecule has 130 valence electrons. The van der Waals surface area contributed by atoms with Gasteiger partial charge in [-0.05, 0) is 23.6 Å². The van der Waals surface area contributed by atoms with E-state index in [9.17, 15) is 9.59 Å². The van der Waals surface area contributed by atoms with E-state index >= 15 is 0 Å². The molecule has 24 heavy (non-hydrogen) atoms. The molecule has 0 N–H and O–H groups in total. The van der Waals surface area contributed by atoms with Gasteiger partial charge in [-0.1, -0.05) is 70.4 Å². The van der Waals surface area contributed by atoms with Crippen molar-refractivity contribution in [3.63, 3.8) is 0 Å². The second-order valence-corrected chi connectivity index (χ2v) is 8.24. The number of carbonyl (C=O) groups excluding carboxylic acids is 2. The Kier molecular flexibility index (Phi) is 5.39. The predicted octanol–water partition coefficient (Wildman–Crippen LogP) is 4.74. The zero-order valence-electron chi connectivity index (χ0n) is 13.5. The first-order valence-corrected chi connectivity index (χ1v) is 10.0. The number of amides is 1. The molecule has 0 spiro atoms. The SMILES string of the molecule is CCCC[C@@H]1C(=O)O[C@H]2[C@@H](I)c3c(Br)cccc3[C@@H]1N2C(=O)OC. The number of hydrogen-bond acceptors (Lipinski definition) is 4. The lowest BCUT2D eigenvalue weighted by molar-refractivity contribution is -0.185. The van der Waals surface area contributed by atoms with E-state index in [2.05, 4.69) is 45.4 Å². The fourth-order valence-electron chi connectivity index (χ4n) is 3.58. The molecule has 0 radical (unpaired) electrons. The average molecular weight is 508 g/mol. The molecule has 1 aromatic rings. The second-order valence-electron chi connectivity index (χ2n) is 6.04. The number of ether oxygens (including phenoxy) is 2. The summed E-state index contributed by atoms with van der Waals surface area (Å²) in [6, 6.07) is 5.59. The molecule has 0 aliphatic carbocycles. The highest BCUT2D eigenvalue weighted by molar-refractivity contribution is 14.1. The molecule has 2 aliphatic rings. The molecule has 1 saturated heterocycles. The van der Waals surface area contributed by atoms with Crippen LogP contribution in [0.1, 0.15) is 47.3 Å². The van der Waals surface area contributed by atoms with Gasteiger partial charge in [-0.2, -0.15) is 0 Å². The van der Waals surface area contributed by atoms with Crippen molar-refractivity contribution >= 4 is 50.6 Å². The van der Waals surface area contributed by atoms with Crippen LogP contribution in [0.25, 0.3) is 0 Å². The van der Waals surface area contributed by atoms with Crippen molar-refractivity contribution in [2.75, 3.05) is 7.11 Å². The molecular weight excluding hydrogens is 489 g/mol.